The molecule has 0 amide bonds. The van der Waals surface area contributed by atoms with Crippen LogP contribution in [0.2, 0.25) is 0 Å². The van der Waals surface area contributed by atoms with Gasteiger partial charge in [0, 0.05) is 22.9 Å². The molecule has 1 heterocycles. The average molecular weight is 293 g/mol. The predicted molar refractivity (Wildman–Crippen MR) is 79.7 cm³/mol. The number of rotatable bonds is 6. The number of benzene rings is 1. The van der Waals surface area contributed by atoms with E-state index in [1.807, 2.05) is 30.6 Å². The predicted octanol–water partition coefficient (Wildman–Crippen LogP) is 3.13. The fourth-order valence-electron chi connectivity index (χ4n) is 1.93. The Labute approximate surface area is 123 Å². The summed E-state index contributed by atoms with van der Waals surface area (Å²) in [6.07, 6.45) is 0.244. The first kappa shape index (κ1) is 14.8. The number of ether oxygens (including phenoxy) is 2. The maximum absolute atomic E-state index is 9.77. The van der Waals surface area contributed by atoms with Gasteiger partial charge in [0.1, 0.15) is 11.5 Å². The van der Waals surface area contributed by atoms with Gasteiger partial charge in [0.2, 0.25) is 0 Å². The lowest BCUT2D eigenvalue weighted by Gasteiger charge is -2.14. The van der Waals surface area contributed by atoms with Gasteiger partial charge in [-0.05, 0) is 26.0 Å². The molecule has 0 spiro atoms. The molecule has 0 aliphatic heterocycles. The summed E-state index contributed by atoms with van der Waals surface area (Å²) in [5.74, 6) is 1.39. The van der Waals surface area contributed by atoms with E-state index in [4.69, 9.17) is 9.47 Å². The van der Waals surface area contributed by atoms with E-state index < -0.39 is 6.10 Å². The zero-order chi connectivity index (χ0) is 14.5. The summed E-state index contributed by atoms with van der Waals surface area (Å²) in [6, 6.07) is 5.46. The Bertz CT molecular complexity index is 566. The van der Waals surface area contributed by atoms with Crippen molar-refractivity contribution in [3.63, 3.8) is 0 Å². The molecule has 1 atom stereocenters. The highest BCUT2D eigenvalue weighted by molar-refractivity contribution is 7.09. The van der Waals surface area contributed by atoms with Crippen molar-refractivity contribution in [1.82, 2.24) is 4.98 Å². The van der Waals surface area contributed by atoms with Crippen LogP contribution in [0.15, 0.2) is 23.7 Å². The maximum atomic E-state index is 9.77. The van der Waals surface area contributed by atoms with Crippen LogP contribution in [-0.4, -0.2) is 23.8 Å². The summed E-state index contributed by atoms with van der Waals surface area (Å²) in [5, 5.41) is 9.77. The first-order chi connectivity index (χ1) is 9.61. The Morgan fingerprint density at radius 1 is 1.40 bits per heavy atom. The van der Waals surface area contributed by atoms with E-state index in [2.05, 4.69) is 4.98 Å². The van der Waals surface area contributed by atoms with E-state index >= 15 is 0 Å². The third kappa shape index (κ3) is 3.49. The van der Waals surface area contributed by atoms with Gasteiger partial charge in [-0.25, -0.2) is 4.98 Å². The molecule has 1 aromatic heterocycles. The van der Waals surface area contributed by atoms with Crippen molar-refractivity contribution < 1.29 is 14.6 Å². The van der Waals surface area contributed by atoms with E-state index in [9.17, 15) is 5.11 Å². The molecule has 0 unspecified atom stereocenters. The molecule has 0 fully saturated rings. The molecule has 4 nitrogen and oxygen atoms in total. The number of aromatic nitrogens is 1. The SMILES string of the molecule is COc1ccc([C@@H](C)O)c(OCCc2scnc2C)c1. The van der Waals surface area contributed by atoms with Crippen LogP contribution in [0.25, 0.3) is 0 Å². The molecule has 2 aromatic rings. The zero-order valence-electron chi connectivity index (χ0n) is 11.9. The van der Waals surface area contributed by atoms with Gasteiger partial charge >= 0.3 is 0 Å². The molecular weight excluding hydrogens is 274 g/mol. The van der Waals surface area contributed by atoms with Gasteiger partial charge in [-0.3, -0.25) is 0 Å². The topological polar surface area (TPSA) is 51.6 Å². The summed E-state index contributed by atoms with van der Waals surface area (Å²) in [6.45, 7) is 4.27. The Kier molecular flexibility index (Phi) is 4.98. The second-order valence-corrected chi connectivity index (χ2v) is 5.48. The van der Waals surface area contributed by atoms with Crippen molar-refractivity contribution in [3.05, 3.63) is 39.8 Å². The monoisotopic (exact) mass is 293 g/mol. The van der Waals surface area contributed by atoms with Crippen LogP contribution in [0.3, 0.4) is 0 Å². The first-order valence-electron chi connectivity index (χ1n) is 6.49. The highest BCUT2D eigenvalue weighted by Gasteiger charge is 2.11. The van der Waals surface area contributed by atoms with Crippen molar-refractivity contribution in [2.75, 3.05) is 13.7 Å². The molecule has 0 saturated heterocycles. The van der Waals surface area contributed by atoms with Crippen molar-refractivity contribution in [3.8, 4) is 11.5 Å². The molecule has 5 heteroatoms. The number of thiazole rings is 1. The smallest absolute Gasteiger partial charge is 0.128 e. The van der Waals surface area contributed by atoms with Crippen molar-refractivity contribution in [1.29, 1.82) is 0 Å². The van der Waals surface area contributed by atoms with E-state index in [0.717, 1.165) is 23.4 Å². The fourth-order valence-corrected chi connectivity index (χ4v) is 2.69. The Balaban J connectivity index is 2.05. The second kappa shape index (κ2) is 6.72. The standard InChI is InChI=1S/C15H19NO3S/c1-10-15(20-9-16-10)6-7-19-14-8-12(18-3)4-5-13(14)11(2)17/h4-5,8-9,11,17H,6-7H2,1-3H3/t11-/m1/s1. The number of aliphatic hydroxyl groups excluding tert-OH is 1. The lowest BCUT2D eigenvalue weighted by molar-refractivity contribution is 0.191. The van der Waals surface area contributed by atoms with Gasteiger partial charge < -0.3 is 14.6 Å². The molecule has 0 aliphatic rings. The third-order valence-electron chi connectivity index (χ3n) is 3.10. The quantitative estimate of drug-likeness (QED) is 0.889. The van der Waals surface area contributed by atoms with Crippen molar-refractivity contribution in [2.24, 2.45) is 0 Å². The summed E-state index contributed by atoms with van der Waals surface area (Å²) in [5.41, 5.74) is 3.67. The largest absolute Gasteiger partial charge is 0.497 e. The van der Waals surface area contributed by atoms with Crippen LogP contribution >= 0.6 is 11.3 Å². The molecule has 0 saturated carbocycles. The van der Waals surface area contributed by atoms with E-state index in [0.29, 0.717) is 12.4 Å². The summed E-state index contributed by atoms with van der Waals surface area (Å²) < 4.78 is 11.0. The first-order valence-corrected chi connectivity index (χ1v) is 7.37. The molecule has 2 rings (SSSR count). The average Bonchev–Trinajstić information content (AvgIpc) is 2.84. The minimum atomic E-state index is -0.568. The van der Waals surface area contributed by atoms with Crippen molar-refractivity contribution in [2.45, 2.75) is 26.4 Å². The van der Waals surface area contributed by atoms with Crippen LogP contribution in [0.5, 0.6) is 11.5 Å². The van der Waals surface area contributed by atoms with Crippen LogP contribution in [0, 0.1) is 6.92 Å². The van der Waals surface area contributed by atoms with Gasteiger partial charge in [0.25, 0.3) is 0 Å². The molecular formula is C15H19NO3S. The zero-order valence-corrected chi connectivity index (χ0v) is 12.7. The summed E-state index contributed by atoms with van der Waals surface area (Å²) in [7, 11) is 1.61. The number of nitrogens with zero attached hydrogens (tertiary/aromatic N) is 1. The maximum Gasteiger partial charge on any atom is 0.128 e. The number of aliphatic hydroxyl groups is 1. The highest BCUT2D eigenvalue weighted by Crippen LogP contribution is 2.29. The van der Waals surface area contributed by atoms with Crippen LogP contribution in [0.4, 0.5) is 0 Å². The van der Waals surface area contributed by atoms with E-state index in [1.165, 1.54) is 4.88 Å². The molecule has 0 radical (unpaired) electrons. The molecule has 108 valence electrons. The van der Waals surface area contributed by atoms with Crippen LogP contribution in [-0.2, 0) is 6.42 Å². The molecule has 20 heavy (non-hydrogen) atoms. The van der Waals surface area contributed by atoms with E-state index in [1.54, 1.807) is 25.4 Å². The van der Waals surface area contributed by atoms with E-state index in [-0.39, 0.29) is 0 Å². The van der Waals surface area contributed by atoms with Gasteiger partial charge in [0.05, 0.1) is 31.0 Å². The summed E-state index contributed by atoms with van der Waals surface area (Å²) >= 11 is 1.64. The van der Waals surface area contributed by atoms with Gasteiger partial charge in [-0.15, -0.1) is 11.3 Å². The Morgan fingerprint density at radius 2 is 2.20 bits per heavy atom. The Morgan fingerprint density at radius 3 is 2.80 bits per heavy atom. The highest BCUT2D eigenvalue weighted by atomic mass is 32.1. The van der Waals surface area contributed by atoms with Crippen LogP contribution in [0.1, 0.15) is 29.2 Å². The lowest BCUT2D eigenvalue weighted by atomic mass is 10.1. The Hall–Kier alpha value is -1.59. The van der Waals surface area contributed by atoms with Crippen LogP contribution < -0.4 is 9.47 Å². The molecule has 0 aliphatic carbocycles. The minimum absolute atomic E-state index is 0.552. The molecule has 1 aromatic carbocycles. The molecule has 0 bridgehead atoms. The van der Waals surface area contributed by atoms with Gasteiger partial charge in [0.15, 0.2) is 0 Å². The number of hydrogen-bond donors (Lipinski definition) is 1. The van der Waals surface area contributed by atoms with Crippen molar-refractivity contribution >= 4 is 11.3 Å². The van der Waals surface area contributed by atoms with Gasteiger partial charge in [-0.2, -0.15) is 0 Å². The summed E-state index contributed by atoms with van der Waals surface area (Å²) in [4.78, 5) is 5.45. The normalized spacial score (nSPS) is 12.2. The van der Waals surface area contributed by atoms with Gasteiger partial charge in [-0.1, -0.05) is 0 Å². The molecule has 1 N–H and O–H groups in total. The minimum Gasteiger partial charge on any atom is -0.497 e. The number of aryl methyl sites for hydroxylation is 1. The third-order valence-corrected chi connectivity index (χ3v) is 4.10. The lowest BCUT2D eigenvalue weighted by Crippen LogP contribution is -2.05. The fraction of sp³-hybridized carbons (Fsp3) is 0.400. The second-order valence-electron chi connectivity index (χ2n) is 4.54. The number of methoxy groups -OCH3 is 1. The number of hydrogen-bond acceptors (Lipinski definition) is 5.